The zero-order valence-electron chi connectivity index (χ0n) is 17.0. The van der Waals surface area contributed by atoms with Gasteiger partial charge < -0.3 is 14.8 Å². The van der Waals surface area contributed by atoms with E-state index in [0.717, 1.165) is 5.56 Å². The van der Waals surface area contributed by atoms with Crippen LogP contribution in [0.2, 0.25) is 0 Å². The van der Waals surface area contributed by atoms with Crippen LogP contribution in [0, 0.1) is 5.92 Å². The van der Waals surface area contributed by atoms with Crippen LogP contribution in [-0.4, -0.2) is 25.2 Å². The van der Waals surface area contributed by atoms with E-state index in [0.29, 0.717) is 22.5 Å². The Morgan fingerprint density at radius 1 is 0.926 bits per heavy atom. The van der Waals surface area contributed by atoms with Crippen molar-refractivity contribution in [1.29, 1.82) is 0 Å². The van der Waals surface area contributed by atoms with Crippen LogP contribution in [-0.2, 0) is 24.5 Å². The Labute approximate surface area is 161 Å². The van der Waals surface area contributed by atoms with Crippen LogP contribution in [0.5, 0.6) is 0 Å². The molecule has 5 heteroatoms. The first-order valence-electron chi connectivity index (χ1n) is 9.33. The van der Waals surface area contributed by atoms with E-state index in [1.807, 2.05) is 58.0 Å². The summed E-state index contributed by atoms with van der Waals surface area (Å²) in [6.07, 6.45) is 0. The molecule has 27 heavy (non-hydrogen) atoms. The maximum atomic E-state index is 12.8. The summed E-state index contributed by atoms with van der Waals surface area (Å²) in [7, 11) is 0. The predicted octanol–water partition coefficient (Wildman–Crippen LogP) is 3.86. The molecule has 146 valence electrons. The van der Waals surface area contributed by atoms with Gasteiger partial charge in [0.15, 0.2) is 0 Å². The molecule has 1 aromatic rings. The summed E-state index contributed by atoms with van der Waals surface area (Å²) >= 11 is 0. The predicted molar refractivity (Wildman–Crippen MR) is 105 cm³/mol. The highest BCUT2D eigenvalue weighted by atomic mass is 16.5. The van der Waals surface area contributed by atoms with Crippen LogP contribution in [0.4, 0.5) is 0 Å². The Kier molecular flexibility index (Phi) is 6.47. The van der Waals surface area contributed by atoms with Crippen LogP contribution in [0.1, 0.15) is 47.1 Å². The lowest BCUT2D eigenvalue weighted by molar-refractivity contribution is -0.140. The van der Waals surface area contributed by atoms with Gasteiger partial charge in [0, 0.05) is 22.7 Å². The minimum atomic E-state index is -0.532. The summed E-state index contributed by atoms with van der Waals surface area (Å²) in [5.74, 6) is -1.31. The van der Waals surface area contributed by atoms with Crippen molar-refractivity contribution in [2.75, 3.05) is 13.2 Å². The number of allylic oxidation sites excluding steroid dienone is 2. The maximum Gasteiger partial charge on any atom is 0.336 e. The second kappa shape index (κ2) is 8.42. The van der Waals surface area contributed by atoms with Gasteiger partial charge in [-0.2, -0.15) is 0 Å². The first-order chi connectivity index (χ1) is 12.8. The Balaban J connectivity index is 2.68. The lowest BCUT2D eigenvalue weighted by Gasteiger charge is -2.40. The van der Waals surface area contributed by atoms with Crippen LogP contribution < -0.4 is 5.32 Å². The van der Waals surface area contributed by atoms with Gasteiger partial charge in [-0.05, 0) is 33.3 Å². The van der Waals surface area contributed by atoms with Crippen molar-refractivity contribution in [2.45, 2.75) is 47.0 Å². The molecule has 0 saturated heterocycles. The van der Waals surface area contributed by atoms with Gasteiger partial charge in [0.1, 0.15) is 0 Å². The average molecular weight is 371 g/mol. The molecule has 0 aromatic heterocycles. The average Bonchev–Trinajstić information content (AvgIpc) is 2.62. The number of carbonyl (C=O) groups is 2. The number of hydrogen-bond acceptors (Lipinski definition) is 5. The van der Waals surface area contributed by atoms with Gasteiger partial charge in [-0.15, -0.1) is 0 Å². The summed E-state index contributed by atoms with van der Waals surface area (Å²) in [6.45, 7) is 11.8. The first-order valence-corrected chi connectivity index (χ1v) is 9.33. The molecule has 0 radical (unpaired) electrons. The molecule has 1 aliphatic heterocycles. The highest BCUT2D eigenvalue weighted by Crippen LogP contribution is 2.45. The van der Waals surface area contributed by atoms with Crippen LogP contribution in [0.25, 0.3) is 0 Å². The molecule has 0 saturated carbocycles. The zero-order valence-corrected chi connectivity index (χ0v) is 17.0. The Morgan fingerprint density at radius 2 is 1.37 bits per heavy atom. The number of benzene rings is 1. The third-order valence-corrected chi connectivity index (χ3v) is 4.99. The molecule has 0 unspecified atom stereocenters. The molecular formula is C22H29NO4. The Morgan fingerprint density at radius 3 is 1.78 bits per heavy atom. The lowest BCUT2D eigenvalue weighted by Crippen LogP contribution is -2.42. The normalized spacial score (nSPS) is 15.5. The molecule has 1 aliphatic rings. The van der Waals surface area contributed by atoms with E-state index in [9.17, 15) is 9.59 Å². The molecule has 0 bridgehead atoms. The van der Waals surface area contributed by atoms with E-state index in [1.165, 1.54) is 0 Å². The van der Waals surface area contributed by atoms with Crippen molar-refractivity contribution in [3.05, 3.63) is 58.4 Å². The van der Waals surface area contributed by atoms with Crippen LogP contribution in [0.3, 0.4) is 0 Å². The topological polar surface area (TPSA) is 64.6 Å². The summed E-state index contributed by atoms with van der Waals surface area (Å²) in [5.41, 5.74) is 2.84. The molecule has 5 nitrogen and oxygen atoms in total. The second-order valence-electron chi connectivity index (χ2n) is 7.16. The lowest BCUT2D eigenvalue weighted by atomic mass is 9.65. The van der Waals surface area contributed by atoms with Gasteiger partial charge in [-0.1, -0.05) is 44.2 Å². The minimum Gasteiger partial charge on any atom is -0.463 e. The van der Waals surface area contributed by atoms with Crippen molar-refractivity contribution in [2.24, 2.45) is 5.92 Å². The largest absolute Gasteiger partial charge is 0.463 e. The Hall–Kier alpha value is -2.56. The summed E-state index contributed by atoms with van der Waals surface area (Å²) < 4.78 is 10.6. The summed E-state index contributed by atoms with van der Waals surface area (Å²) in [6, 6.07) is 9.89. The molecule has 0 amide bonds. The molecule has 0 atom stereocenters. The standard InChI is InChI=1S/C22H29NO4/c1-7-26-20(24)17-14(3)23-15(4)18(21(25)27-8-2)19(17)22(5,6)16-12-10-9-11-13-16/h9-13,19,23H,7-8H2,1-6H3. The number of ether oxygens (including phenoxy) is 2. The molecule has 1 aromatic carbocycles. The molecular weight excluding hydrogens is 342 g/mol. The molecule has 2 rings (SSSR count). The van der Waals surface area contributed by atoms with Crippen LogP contribution >= 0.6 is 0 Å². The number of hydrogen-bond donors (Lipinski definition) is 1. The van der Waals surface area contributed by atoms with Gasteiger partial charge in [0.25, 0.3) is 0 Å². The fourth-order valence-corrected chi connectivity index (χ4v) is 3.71. The van der Waals surface area contributed by atoms with Gasteiger partial charge in [-0.3, -0.25) is 0 Å². The SMILES string of the molecule is CCOC(=O)C1=C(C)NC(C)=C(C(=O)OCC)C1C(C)(C)c1ccccc1. The highest BCUT2D eigenvalue weighted by molar-refractivity contribution is 5.98. The number of esters is 2. The minimum absolute atomic E-state index is 0.269. The van der Waals surface area contributed by atoms with Gasteiger partial charge in [0.05, 0.1) is 24.4 Å². The third kappa shape index (κ3) is 4.07. The fourth-order valence-electron chi connectivity index (χ4n) is 3.71. The van der Waals surface area contributed by atoms with Crippen molar-refractivity contribution < 1.29 is 19.1 Å². The van der Waals surface area contributed by atoms with E-state index in [1.54, 1.807) is 13.8 Å². The smallest absolute Gasteiger partial charge is 0.336 e. The van der Waals surface area contributed by atoms with Crippen molar-refractivity contribution in [3.63, 3.8) is 0 Å². The maximum absolute atomic E-state index is 12.8. The monoisotopic (exact) mass is 371 g/mol. The van der Waals surface area contributed by atoms with E-state index in [-0.39, 0.29) is 13.2 Å². The van der Waals surface area contributed by atoms with E-state index in [4.69, 9.17) is 9.47 Å². The van der Waals surface area contributed by atoms with Crippen molar-refractivity contribution in [1.82, 2.24) is 5.32 Å². The van der Waals surface area contributed by atoms with E-state index >= 15 is 0 Å². The van der Waals surface area contributed by atoms with Gasteiger partial charge in [-0.25, -0.2) is 9.59 Å². The second-order valence-corrected chi connectivity index (χ2v) is 7.16. The van der Waals surface area contributed by atoms with E-state index in [2.05, 4.69) is 5.32 Å². The van der Waals surface area contributed by atoms with Crippen molar-refractivity contribution >= 4 is 11.9 Å². The van der Waals surface area contributed by atoms with Gasteiger partial charge >= 0.3 is 11.9 Å². The Bertz CT molecular complexity index is 735. The number of dihydropyridines is 1. The zero-order chi connectivity index (χ0) is 20.2. The molecule has 0 fully saturated rings. The van der Waals surface area contributed by atoms with E-state index < -0.39 is 23.3 Å². The molecule has 0 aliphatic carbocycles. The number of nitrogens with one attached hydrogen (secondary N) is 1. The van der Waals surface area contributed by atoms with Crippen molar-refractivity contribution in [3.8, 4) is 0 Å². The van der Waals surface area contributed by atoms with Gasteiger partial charge in [0.2, 0.25) is 0 Å². The summed E-state index contributed by atoms with van der Waals surface area (Å²) in [5, 5.41) is 3.17. The fraction of sp³-hybridized carbons (Fsp3) is 0.455. The summed E-state index contributed by atoms with van der Waals surface area (Å²) in [4.78, 5) is 25.7. The van der Waals surface area contributed by atoms with Crippen LogP contribution in [0.15, 0.2) is 52.9 Å². The first kappa shape index (κ1) is 20.7. The molecule has 1 N–H and O–H groups in total. The quantitative estimate of drug-likeness (QED) is 0.769. The third-order valence-electron chi connectivity index (χ3n) is 4.99. The molecule has 1 heterocycles. The molecule has 0 spiro atoms. The number of carbonyl (C=O) groups excluding carboxylic acids is 2. The number of rotatable bonds is 6. The highest BCUT2D eigenvalue weighted by Gasteiger charge is 2.46.